The summed E-state index contributed by atoms with van der Waals surface area (Å²) in [5.41, 5.74) is 0.757. The van der Waals surface area contributed by atoms with Gasteiger partial charge in [0, 0.05) is 31.4 Å². The summed E-state index contributed by atoms with van der Waals surface area (Å²) < 4.78 is 0. The standard InChI is InChI=1S/C24H28ClN3O2/c25-18-6-9-22(26-16-18)28-19-7-8-21(28)24(15-19,14-17-4-2-1-3-5-17)23(30)27-12-10-20(29)11-13-27/h1-6,9,16,19-21,29H,7-8,10-15H2/t19-,21+,24+/m1/s1. The molecule has 1 aromatic carbocycles. The predicted octanol–water partition coefficient (Wildman–Crippen LogP) is 3.69. The number of piperidine rings is 1. The number of anilines is 1. The first kappa shape index (κ1) is 19.8. The fourth-order valence-corrected chi connectivity index (χ4v) is 6.00. The highest BCUT2D eigenvalue weighted by molar-refractivity contribution is 6.30. The fourth-order valence-electron chi connectivity index (χ4n) is 5.89. The molecule has 1 aromatic heterocycles. The zero-order valence-corrected chi connectivity index (χ0v) is 17.8. The first-order chi connectivity index (χ1) is 14.6. The number of pyridine rings is 1. The van der Waals surface area contributed by atoms with Crippen LogP contribution in [0.2, 0.25) is 5.02 Å². The number of aliphatic hydroxyl groups excluding tert-OH is 1. The van der Waals surface area contributed by atoms with Gasteiger partial charge in [-0.3, -0.25) is 4.79 Å². The van der Waals surface area contributed by atoms with Gasteiger partial charge < -0.3 is 14.9 Å². The quantitative estimate of drug-likeness (QED) is 0.811. The highest BCUT2D eigenvalue weighted by atomic mass is 35.5. The van der Waals surface area contributed by atoms with Gasteiger partial charge in [-0.15, -0.1) is 0 Å². The van der Waals surface area contributed by atoms with Gasteiger partial charge in [0.25, 0.3) is 0 Å². The van der Waals surface area contributed by atoms with Crippen LogP contribution in [0, 0.1) is 5.41 Å². The van der Waals surface area contributed by atoms with Crippen LogP contribution in [0.5, 0.6) is 0 Å². The van der Waals surface area contributed by atoms with Gasteiger partial charge in [-0.05, 0) is 56.2 Å². The molecule has 0 spiro atoms. The summed E-state index contributed by atoms with van der Waals surface area (Å²) in [5, 5.41) is 10.6. The minimum Gasteiger partial charge on any atom is -0.393 e. The number of hydrogen-bond acceptors (Lipinski definition) is 4. The van der Waals surface area contributed by atoms with Gasteiger partial charge in [0.2, 0.25) is 5.91 Å². The van der Waals surface area contributed by atoms with Crippen molar-refractivity contribution in [1.82, 2.24) is 9.88 Å². The Hall–Kier alpha value is -2.11. The molecule has 0 radical (unpaired) electrons. The van der Waals surface area contributed by atoms with E-state index >= 15 is 0 Å². The Morgan fingerprint density at radius 3 is 2.57 bits per heavy atom. The molecule has 0 saturated carbocycles. The average Bonchev–Trinajstić information content (AvgIpc) is 3.31. The first-order valence-electron chi connectivity index (χ1n) is 11.0. The number of likely N-dealkylation sites (tertiary alicyclic amines) is 1. The van der Waals surface area contributed by atoms with E-state index in [1.54, 1.807) is 6.20 Å². The SMILES string of the molecule is O=C(N1CCC(O)CC1)[C@@]1(Cc2ccccc2)C[C@H]2CC[C@@H]1N2c1ccc(Cl)cn1. The number of aliphatic hydroxyl groups is 1. The number of carbonyl (C=O) groups is 1. The van der Waals surface area contributed by atoms with E-state index in [2.05, 4.69) is 34.1 Å². The van der Waals surface area contributed by atoms with E-state index in [-0.39, 0.29) is 18.1 Å². The highest BCUT2D eigenvalue weighted by Gasteiger charge is 2.61. The average molecular weight is 426 g/mol. The molecule has 2 aromatic rings. The number of fused-ring (bicyclic) bond motifs is 2. The Morgan fingerprint density at radius 2 is 1.87 bits per heavy atom. The largest absolute Gasteiger partial charge is 0.393 e. The lowest BCUT2D eigenvalue weighted by molar-refractivity contribution is -0.145. The number of benzene rings is 1. The van der Waals surface area contributed by atoms with Gasteiger partial charge >= 0.3 is 0 Å². The number of hydrogen-bond donors (Lipinski definition) is 1. The van der Waals surface area contributed by atoms with Crippen molar-refractivity contribution in [1.29, 1.82) is 0 Å². The summed E-state index contributed by atoms with van der Waals surface area (Å²) in [4.78, 5) is 23.0. The van der Waals surface area contributed by atoms with E-state index in [4.69, 9.17) is 11.6 Å². The lowest BCUT2D eigenvalue weighted by atomic mass is 9.68. The highest BCUT2D eigenvalue weighted by Crippen LogP contribution is 2.54. The van der Waals surface area contributed by atoms with Crippen molar-refractivity contribution >= 4 is 23.3 Å². The molecule has 0 aliphatic carbocycles. The molecule has 3 aliphatic rings. The number of carbonyl (C=O) groups excluding carboxylic acids is 1. The third kappa shape index (κ3) is 3.38. The van der Waals surface area contributed by atoms with Crippen LogP contribution in [-0.4, -0.2) is 52.2 Å². The van der Waals surface area contributed by atoms with Crippen molar-refractivity contribution in [2.75, 3.05) is 18.0 Å². The van der Waals surface area contributed by atoms with Gasteiger partial charge in [0.1, 0.15) is 5.82 Å². The summed E-state index contributed by atoms with van der Waals surface area (Å²) in [7, 11) is 0. The summed E-state index contributed by atoms with van der Waals surface area (Å²) in [6.45, 7) is 1.29. The molecule has 5 rings (SSSR count). The Morgan fingerprint density at radius 1 is 1.10 bits per heavy atom. The van der Waals surface area contributed by atoms with E-state index in [1.165, 1.54) is 5.56 Å². The molecule has 3 saturated heterocycles. The van der Waals surface area contributed by atoms with Gasteiger partial charge in [0.15, 0.2) is 0 Å². The molecule has 4 heterocycles. The Kier molecular flexibility index (Phi) is 5.19. The fraction of sp³-hybridized carbons (Fsp3) is 0.500. The number of nitrogens with zero attached hydrogens (tertiary/aromatic N) is 3. The molecule has 6 heteroatoms. The van der Waals surface area contributed by atoms with Crippen molar-refractivity contribution in [2.24, 2.45) is 5.41 Å². The van der Waals surface area contributed by atoms with E-state index < -0.39 is 5.41 Å². The lowest BCUT2D eigenvalue weighted by Gasteiger charge is -2.42. The third-order valence-electron chi connectivity index (χ3n) is 7.26. The third-order valence-corrected chi connectivity index (χ3v) is 7.48. The number of halogens is 1. The Labute approximate surface area is 182 Å². The van der Waals surface area contributed by atoms with Crippen LogP contribution < -0.4 is 4.90 Å². The summed E-state index contributed by atoms with van der Waals surface area (Å²) in [5.74, 6) is 1.17. The van der Waals surface area contributed by atoms with Crippen LogP contribution in [0.3, 0.4) is 0 Å². The molecule has 0 unspecified atom stereocenters. The number of rotatable bonds is 4. The Bertz CT molecular complexity index is 898. The molecule has 5 nitrogen and oxygen atoms in total. The molecule has 158 valence electrons. The normalized spacial score (nSPS) is 28.9. The van der Waals surface area contributed by atoms with Crippen LogP contribution in [0.25, 0.3) is 0 Å². The minimum absolute atomic E-state index is 0.135. The van der Waals surface area contributed by atoms with Crippen molar-refractivity contribution in [3.05, 3.63) is 59.2 Å². The van der Waals surface area contributed by atoms with Crippen LogP contribution in [0.15, 0.2) is 48.7 Å². The van der Waals surface area contributed by atoms with Crippen molar-refractivity contribution in [3.8, 4) is 0 Å². The van der Waals surface area contributed by atoms with Crippen molar-refractivity contribution in [3.63, 3.8) is 0 Å². The van der Waals surface area contributed by atoms with Gasteiger partial charge in [-0.25, -0.2) is 4.98 Å². The summed E-state index contributed by atoms with van der Waals surface area (Å²) in [6.07, 6.45) is 6.45. The van der Waals surface area contributed by atoms with Gasteiger partial charge in [-0.1, -0.05) is 41.9 Å². The topological polar surface area (TPSA) is 56.7 Å². The van der Waals surface area contributed by atoms with Crippen LogP contribution in [0.4, 0.5) is 5.82 Å². The molecule has 2 bridgehead atoms. The van der Waals surface area contributed by atoms with E-state index in [1.807, 2.05) is 23.1 Å². The molecular weight excluding hydrogens is 398 g/mol. The zero-order valence-electron chi connectivity index (χ0n) is 17.1. The van der Waals surface area contributed by atoms with E-state index in [0.717, 1.165) is 31.5 Å². The minimum atomic E-state index is -0.451. The second-order valence-corrected chi connectivity index (χ2v) is 9.47. The van der Waals surface area contributed by atoms with Gasteiger partial charge in [0.05, 0.1) is 16.5 Å². The maximum atomic E-state index is 14.0. The lowest BCUT2D eigenvalue weighted by Crippen LogP contribution is -2.54. The predicted molar refractivity (Wildman–Crippen MR) is 118 cm³/mol. The molecule has 3 aliphatic heterocycles. The second-order valence-electron chi connectivity index (χ2n) is 9.03. The van der Waals surface area contributed by atoms with Crippen molar-refractivity contribution in [2.45, 2.75) is 56.7 Å². The molecule has 3 atom stereocenters. The molecule has 3 fully saturated rings. The van der Waals surface area contributed by atoms with Crippen molar-refractivity contribution < 1.29 is 9.90 Å². The van der Waals surface area contributed by atoms with E-state index in [0.29, 0.717) is 37.0 Å². The first-order valence-corrected chi connectivity index (χ1v) is 11.4. The van der Waals surface area contributed by atoms with E-state index in [9.17, 15) is 9.90 Å². The maximum Gasteiger partial charge on any atom is 0.231 e. The molecule has 30 heavy (non-hydrogen) atoms. The number of amides is 1. The Balaban J connectivity index is 1.50. The molecule has 1 amide bonds. The monoisotopic (exact) mass is 425 g/mol. The smallest absolute Gasteiger partial charge is 0.231 e. The van der Waals surface area contributed by atoms with Gasteiger partial charge in [-0.2, -0.15) is 0 Å². The van der Waals surface area contributed by atoms with Crippen LogP contribution in [0.1, 0.15) is 37.7 Å². The maximum absolute atomic E-state index is 14.0. The summed E-state index contributed by atoms with van der Waals surface area (Å²) >= 11 is 6.07. The van der Waals surface area contributed by atoms with Crippen LogP contribution >= 0.6 is 11.6 Å². The summed E-state index contributed by atoms with van der Waals surface area (Å²) in [6, 6.07) is 14.7. The second kappa shape index (κ2) is 7.86. The zero-order chi connectivity index (χ0) is 20.7. The molecule has 1 N–H and O–H groups in total. The number of aromatic nitrogens is 1. The molecular formula is C24H28ClN3O2. The van der Waals surface area contributed by atoms with Crippen LogP contribution in [-0.2, 0) is 11.2 Å².